The van der Waals surface area contributed by atoms with Gasteiger partial charge in [-0.1, -0.05) is 23.7 Å². The molecule has 5 heteroatoms. The third kappa shape index (κ3) is 2.09. The van der Waals surface area contributed by atoms with Crippen molar-refractivity contribution >= 4 is 33.5 Å². The van der Waals surface area contributed by atoms with E-state index in [1.807, 2.05) is 48.5 Å². The highest BCUT2D eigenvalue weighted by molar-refractivity contribution is 6.30. The molecule has 0 saturated carbocycles. The Bertz CT molecular complexity index is 961. The summed E-state index contributed by atoms with van der Waals surface area (Å²) in [7, 11) is 1.64. The number of benzene rings is 2. The van der Waals surface area contributed by atoms with Crippen LogP contribution in [0.3, 0.4) is 0 Å². The van der Waals surface area contributed by atoms with Gasteiger partial charge in [-0.25, -0.2) is 9.97 Å². The summed E-state index contributed by atoms with van der Waals surface area (Å²) in [5.74, 6) is 1.54. The highest BCUT2D eigenvalue weighted by Gasteiger charge is 2.12. The molecule has 0 atom stereocenters. The topological polar surface area (TPSA) is 50.8 Å². The number of fused-ring (bicyclic) bond motifs is 2. The molecule has 0 unspecified atom stereocenters. The summed E-state index contributed by atoms with van der Waals surface area (Å²) in [6.45, 7) is 0. The number of pyridine rings is 1. The highest BCUT2D eigenvalue weighted by atomic mass is 35.5. The zero-order valence-corrected chi connectivity index (χ0v) is 12.6. The average molecular weight is 310 g/mol. The molecule has 0 aliphatic rings. The lowest BCUT2D eigenvalue weighted by atomic mass is 10.1. The molecule has 1 N–H and O–H groups in total. The maximum atomic E-state index is 6.16. The van der Waals surface area contributed by atoms with Crippen molar-refractivity contribution in [1.29, 1.82) is 0 Å². The summed E-state index contributed by atoms with van der Waals surface area (Å²) < 4.78 is 5.31. The van der Waals surface area contributed by atoms with Crippen molar-refractivity contribution in [3.05, 3.63) is 53.7 Å². The van der Waals surface area contributed by atoms with Crippen LogP contribution in [-0.4, -0.2) is 22.1 Å². The monoisotopic (exact) mass is 309 g/mol. The van der Waals surface area contributed by atoms with Crippen LogP contribution in [0.2, 0.25) is 5.15 Å². The first kappa shape index (κ1) is 13.1. The normalized spacial score (nSPS) is 11.2. The molecule has 108 valence electrons. The van der Waals surface area contributed by atoms with Crippen LogP contribution in [0, 0.1) is 0 Å². The van der Waals surface area contributed by atoms with Gasteiger partial charge in [-0.15, -0.1) is 0 Å². The molecule has 0 saturated heterocycles. The van der Waals surface area contributed by atoms with E-state index in [1.54, 1.807) is 7.11 Å². The fraction of sp³-hybridized carbons (Fsp3) is 0.0588. The van der Waals surface area contributed by atoms with Crippen molar-refractivity contribution in [2.24, 2.45) is 0 Å². The zero-order valence-electron chi connectivity index (χ0n) is 11.8. The predicted molar refractivity (Wildman–Crippen MR) is 88.4 cm³/mol. The molecule has 0 bridgehead atoms. The van der Waals surface area contributed by atoms with E-state index < -0.39 is 0 Å². The van der Waals surface area contributed by atoms with E-state index in [2.05, 4.69) is 15.0 Å². The second-order valence-corrected chi connectivity index (χ2v) is 5.37. The number of hydrogen-bond donors (Lipinski definition) is 1. The van der Waals surface area contributed by atoms with E-state index in [0.29, 0.717) is 5.15 Å². The van der Waals surface area contributed by atoms with Gasteiger partial charge in [0.15, 0.2) is 0 Å². The minimum absolute atomic E-state index is 0.438. The molecule has 0 fully saturated rings. The van der Waals surface area contributed by atoms with E-state index in [9.17, 15) is 0 Å². The van der Waals surface area contributed by atoms with E-state index in [0.717, 1.165) is 39.1 Å². The largest absolute Gasteiger partial charge is 0.497 e. The number of hydrogen-bond acceptors (Lipinski definition) is 3. The Morgan fingerprint density at radius 2 is 1.86 bits per heavy atom. The summed E-state index contributed by atoms with van der Waals surface area (Å²) in [4.78, 5) is 12.3. The first-order valence-corrected chi connectivity index (χ1v) is 7.22. The first-order chi connectivity index (χ1) is 10.7. The lowest BCUT2D eigenvalue weighted by molar-refractivity contribution is 0.415. The van der Waals surface area contributed by atoms with Crippen molar-refractivity contribution in [1.82, 2.24) is 15.0 Å². The van der Waals surface area contributed by atoms with Gasteiger partial charge in [-0.05, 0) is 36.4 Å². The van der Waals surface area contributed by atoms with Crippen molar-refractivity contribution in [2.75, 3.05) is 7.11 Å². The lowest BCUT2D eigenvalue weighted by Crippen LogP contribution is -1.89. The molecule has 2 aromatic heterocycles. The molecular formula is C17H12ClN3O. The van der Waals surface area contributed by atoms with E-state index in [4.69, 9.17) is 16.3 Å². The van der Waals surface area contributed by atoms with Crippen LogP contribution in [0.25, 0.3) is 33.3 Å². The van der Waals surface area contributed by atoms with Gasteiger partial charge in [0.1, 0.15) is 16.7 Å². The smallest absolute Gasteiger partial charge is 0.139 e. The predicted octanol–water partition coefficient (Wildman–Crippen LogP) is 4.44. The van der Waals surface area contributed by atoms with Crippen LogP contribution in [0.15, 0.2) is 48.5 Å². The van der Waals surface area contributed by atoms with Gasteiger partial charge in [0.2, 0.25) is 0 Å². The van der Waals surface area contributed by atoms with Crippen molar-refractivity contribution in [3.63, 3.8) is 0 Å². The molecule has 2 heterocycles. The molecule has 0 spiro atoms. The average Bonchev–Trinajstić information content (AvgIpc) is 2.97. The van der Waals surface area contributed by atoms with Crippen LogP contribution in [0.4, 0.5) is 0 Å². The number of nitrogens with one attached hydrogen (secondary N) is 1. The second kappa shape index (κ2) is 5.00. The molecule has 0 amide bonds. The third-order valence-corrected chi connectivity index (χ3v) is 3.82. The van der Waals surface area contributed by atoms with Gasteiger partial charge >= 0.3 is 0 Å². The molecule has 0 aliphatic carbocycles. The van der Waals surface area contributed by atoms with Gasteiger partial charge in [0.05, 0.1) is 23.7 Å². The van der Waals surface area contributed by atoms with Crippen LogP contribution < -0.4 is 4.74 Å². The number of imidazole rings is 1. The molecule has 0 aliphatic heterocycles. The van der Waals surface area contributed by atoms with Gasteiger partial charge in [0, 0.05) is 10.9 Å². The number of aromatic amines is 1. The minimum atomic E-state index is 0.438. The first-order valence-electron chi connectivity index (χ1n) is 6.84. The lowest BCUT2D eigenvalue weighted by Gasteiger charge is -2.07. The van der Waals surface area contributed by atoms with E-state index in [-0.39, 0.29) is 0 Å². The van der Waals surface area contributed by atoms with Crippen LogP contribution in [-0.2, 0) is 0 Å². The Morgan fingerprint density at radius 3 is 2.68 bits per heavy atom. The number of H-pyrrole nitrogens is 1. The Kier molecular flexibility index (Phi) is 2.98. The standard InChI is InChI=1S/C17H12ClN3O/c1-22-10-6-7-13-11(8-10)12(9-16(18)19-13)17-20-14-4-2-3-5-15(14)21-17/h2-9H,1H3,(H,20,21). The number of methoxy groups -OCH3 is 1. The third-order valence-electron chi connectivity index (χ3n) is 3.63. The molecule has 0 radical (unpaired) electrons. The summed E-state index contributed by atoms with van der Waals surface area (Å²) in [5.41, 5.74) is 3.62. The Morgan fingerprint density at radius 1 is 1.00 bits per heavy atom. The van der Waals surface area contributed by atoms with Crippen LogP contribution in [0.1, 0.15) is 0 Å². The van der Waals surface area contributed by atoms with Gasteiger partial charge in [-0.2, -0.15) is 0 Å². The Balaban J connectivity index is 2.03. The van der Waals surface area contributed by atoms with E-state index >= 15 is 0 Å². The number of aromatic nitrogens is 3. The van der Waals surface area contributed by atoms with Gasteiger partial charge in [-0.3, -0.25) is 0 Å². The second-order valence-electron chi connectivity index (χ2n) is 4.98. The maximum absolute atomic E-state index is 6.16. The summed E-state index contributed by atoms with van der Waals surface area (Å²) in [5, 5.41) is 1.39. The maximum Gasteiger partial charge on any atom is 0.139 e. The molecule has 2 aromatic carbocycles. The fourth-order valence-corrected chi connectivity index (χ4v) is 2.78. The minimum Gasteiger partial charge on any atom is -0.497 e. The molecule has 4 aromatic rings. The van der Waals surface area contributed by atoms with Crippen molar-refractivity contribution < 1.29 is 4.74 Å². The molecule has 4 rings (SSSR count). The van der Waals surface area contributed by atoms with Crippen molar-refractivity contribution in [3.8, 4) is 17.1 Å². The Labute approximate surface area is 131 Å². The Hall–Kier alpha value is -2.59. The molecule has 22 heavy (non-hydrogen) atoms. The highest BCUT2D eigenvalue weighted by Crippen LogP contribution is 2.32. The van der Waals surface area contributed by atoms with Crippen LogP contribution >= 0.6 is 11.6 Å². The SMILES string of the molecule is COc1ccc2nc(Cl)cc(-c3nc4ccccc4[nH]3)c2c1. The molecular weight excluding hydrogens is 298 g/mol. The van der Waals surface area contributed by atoms with Gasteiger partial charge < -0.3 is 9.72 Å². The van der Waals surface area contributed by atoms with Gasteiger partial charge in [0.25, 0.3) is 0 Å². The summed E-state index contributed by atoms with van der Waals surface area (Å²) >= 11 is 6.16. The number of nitrogens with zero attached hydrogens (tertiary/aromatic N) is 2. The van der Waals surface area contributed by atoms with Crippen molar-refractivity contribution in [2.45, 2.75) is 0 Å². The summed E-state index contributed by atoms with van der Waals surface area (Å²) in [6.07, 6.45) is 0. The fourth-order valence-electron chi connectivity index (χ4n) is 2.58. The van der Waals surface area contributed by atoms with Crippen LogP contribution in [0.5, 0.6) is 5.75 Å². The number of halogens is 1. The zero-order chi connectivity index (χ0) is 15.1. The number of rotatable bonds is 2. The van der Waals surface area contributed by atoms with E-state index in [1.165, 1.54) is 0 Å². The molecule has 4 nitrogen and oxygen atoms in total. The summed E-state index contributed by atoms with van der Waals surface area (Å²) in [6, 6.07) is 15.4. The number of para-hydroxylation sites is 2. The number of ether oxygens (including phenoxy) is 1. The quantitative estimate of drug-likeness (QED) is 0.557.